The van der Waals surface area contributed by atoms with Gasteiger partial charge in [0.25, 0.3) is 0 Å². The Kier molecular flexibility index (Phi) is 13.8. The summed E-state index contributed by atoms with van der Waals surface area (Å²) in [5, 5.41) is 5.33. The molecule has 1 N–H and O–H groups in total. The molecule has 0 heterocycles. The van der Waals surface area contributed by atoms with E-state index in [1.54, 1.807) is 0 Å². The SMILES string of the molecule is CCCCCCOc1ccc2c(O[C@H](c3ccccc3)[C@@H](C)NCC(=O)C3CCC(CCCCC)CC3)c(C=O)ccc2c1. The molecule has 0 bridgehead atoms. The van der Waals surface area contributed by atoms with E-state index in [0.717, 1.165) is 53.6 Å². The lowest BCUT2D eigenvalue weighted by Crippen LogP contribution is -2.40. The van der Waals surface area contributed by atoms with E-state index in [1.165, 1.54) is 57.8 Å². The molecule has 3 aromatic carbocycles. The second-order valence-corrected chi connectivity index (χ2v) is 12.7. The van der Waals surface area contributed by atoms with Crippen LogP contribution < -0.4 is 14.8 Å². The normalized spacial score (nSPS) is 18.1. The first kappa shape index (κ1) is 33.7. The maximum Gasteiger partial charge on any atom is 0.153 e. The minimum absolute atomic E-state index is 0.149. The number of benzene rings is 3. The van der Waals surface area contributed by atoms with Crippen LogP contribution in [0.5, 0.6) is 11.5 Å². The third kappa shape index (κ3) is 9.66. The minimum Gasteiger partial charge on any atom is -0.494 e. The van der Waals surface area contributed by atoms with Crippen molar-refractivity contribution in [3.8, 4) is 11.5 Å². The van der Waals surface area contributed by atoms with E-state index in [-0.39, 0.29) is 12.0 Å². The fourth-order valence-electron chi connectivity index (χ4n) is 6.53. The second-order valence-electron chi connectivity index (χ2n) is 12.7. The predicted octanol–water partition coefficient (Wildman–Crippen LogP) is 9.67. The summed E-state index contributed by atoms with van der Waals surface area (Å²) in [6, 6.07) is 19.6. The Balaban J connectivity index is 1.45. The highest BCUT2D eigenvalue weighted by Gasteiger charge is 2.28. The Hall–Kier alpha value is -3.18. The molecule has 0 spiro atoms. The van der Waals surface area contributed by atoms with E-state index in [4.69, 9.17) is 9.47 Å². The van der Waals surface area contributed by atoms with Crippen molar-refractivity contribution in [1.29, 1.82) is 0 Å². The fraction of sp³-hybridized carbons (Fsp3) is 0.538. The molecule has 0 saturated heterocycles. The highest BCUT2D eigenvalue weighted by atomic mass is 16.5. The van der Waals surface area contributed by atoms with Crippen LogP contribution in [-0.2, 0) is 4.79 Å². The van der Waals surface area contributed by atoms with Crippen LogP contribution in [0.4, 0.5) is 0 Å². The molecule has 238 valence electrons. The van der Waals surface area contributed by atoms with Crippen LogP contribution in [0.2, 0.25) is 0 Å². The molecule has 1 fully saturated rings. The molecule has 1 aliphatic carbocycles. The number of aldehydes is 1. The average molecular weight is 600 g/mol. The highest BCUT2D eigenvalue weighted by molar-refractivity contribution is 5.96. The lowest BCUT2D eigenvalue weighted by atomic mass is 9.78. The Morgan fingerprint density at radius 3 is 2.39 bits per heavy atom. The molecule has 3 aromatic rings. The molecule has 0 radical (unpaired) electrons. The molecule has 0 unspecified atom stereocenters. The zero-order valence-electron chi connectivity index (χ0n) is 27.2. The average Bonchev–Trinajstić information content (AvgIpc) is 3.06. The Morgan fingerprint density at radius 1 is 0.909 bits per heavy atom. The maximum absolute atomic E-state index is 13.3. The minimum atomic E-state index is -0.392. The van der Waals surface area contributed by atoms with E-state index in [0.29, 0.717) is 30.2 Å². The van der Waals surface area contributed by atoms with E-state index in [1.807, 2.05) is 60.7 Å². The van der Waals surface area contributed by atoms with Gasteiger partial charge in [-0.2, -0.15) is 0 Å². The number of nitrogens with one attached hydrogen (secondary N) is 1. The highest BCUT2D eigenvalue weighted by Crippen LogP contribution is 2.36. The van der Waals surface area contributed by atoms with Crippen LogP contribution in [0.15, 0.2) is 60.7 Å². The number of hydrogen-bond acceptors (Lipinski definition) is 5. The smallest absolute Gasteiger partial charge is 0.153 e. The van der Waals surface area contributed by atoms with Gasteiger partial charge in [-0.3, -0.25) is 9.59 Å². The van der Waals surface area contributed by atoms with Crippen molar-refractivity contribution in [2.75, 3.05) is 13.2 Å². The quantitative estimate of drug-likeness (QED) is 0.110. The lowest BCUT2D eigenvalue weighted by Gasteiger charge is -2.30. The molecule has 0 aromatic heterocycles. The van der Waals surface area contributed by atoms with Gasteiger partial charge in [-0.1, -0.05) is 95.2 Å². The van der Waals surface area contributed by atoms with Crippen molar-refractivity contribution in [3.05, 3.63) is 71.8 Å². The number of carbonyl (C=O) groups is 2. The van der Waals surface area contributed by atoms with Crippen molar-refractivity contribution < 1.29 is 19.1 Å². The first-order chi connectivity index (χ1) is 21.5. The monoisotopic (exact) mass is 599 g/mol. The second kappa shape index (κ2) is 17.9. The van der Waals surface area contributed by atoms with E-state index in [9.17, 15) is 9.59 Å². The van der Waals surface area contributed by atoms with Crippen molar-refractivity contribution in [3.63, 3.8) is 0 Å². The van der Waals surface area contributed by atoms with Gasteiger partial charge in [-0.25, -0.2) is 0 Å². The van der Waals surface area contributed by atoms with Gasteiger partial charge in [0.2, 0.25) is 0 Å². The van der Waals surface area contributed by atoms with Gasteiger partial charge in [0.05, 0.1) is 18.7 Å². The summed E-state index contributed by atoms with van der Waals surface area (Å²) in [7, 11) is 0. The molecule has 5 nitrogen and oxygen atoms in total. The lowest BCUT2D eigenvalue weighted by molar-refractivity contribution is -0.123. The number of unbranched alkanes of at least 4 members (excludes halogenated alkanes) is 5. The molecule has 0 aliphatic heterocycles. The van der Waals surface area contributed by atoms with Crippen LogP contribution >= 0.6 is 0 Å². The molecule has 0 amide bonds. The summed E-state index contributed by atoms with van der Waals surface area (Å²) in [5.41, 5.74) is 1.50. The standard InChI is InChI=1S/C39H53NO4/c1-4-6-8-13-25-43-35-23-24-36-33(26-35)21-22-34(28-41)39(36)44-38(32-15-11-9-12-16-32)29(3)40-27-37(42)31-19-17-30(18-20-31)14-10-7-5-2/h9,11-12,15-16,21-24,26,28-31,38,40H,4-8,10,13-14,17-20,25,27H2,1-3H3/t29-,30?,31?,38+/m1/s1. The number of carbonyl (C=O) groups excluding carboxylic acids is 2. The van der Waals surface area contributed by atoms with E-state index < -0.39 is 6.10 Å². The number of ketones is 1. The zero-order chi connectivity index (χ0) is 31.1. The summed E-state index contributed by atoms with van der Waals surface area (Å²) in [6.07, 6.45) is 14.7. The molecule has 44 heavy (non-hydrogen) atoms. The Labute approximate surface area is 265 Å². The van der Waals surface area contributed by atoms with Gasteiger partial charge < -0.3 is 14.8 Å². The van der Waals surface area contributed by atoms with Gasteiger partial charge in [-0.15, -0.1) is 0 Å². The van der Waals surface area contributed by atoms with Crippen LogP contribution in [0, 0.1) is 11.8 Å². The van der Waals surface area contributed by atoms with Crippen LogP contribution in [-0.4, -0.2) is 31.3 Å². The Bertz CT molecular complexity index is 1300. The third-order valence-corrected chi connectivity index (χ3v) is 9.31. The van der Waals surface area contributed by atoms with E-state index in [2.05, 4.69) is 26.1 Å². The van der Waals surface area contributed by atoms with Crippen molar-refractivity contribution in [2.45, 2.75) is 110 Å². The van der Waals surface area contributed by atoms with E-state index >= 15 is 0 Å². The zero-order valence-corrected chi connectivity index (χ0v) is 27.2. The summed E-state index contributed by atoms with van der Waals surface area (Å²) in [6.45, 7) is 7.54. The molecule has 4 rings (SSSR count). The van der Waals surface area contributed by atoms with Crippen molar-refractivity contribution in [2.24, 2.45) is 11.8 Å². The van der Waals surface area contributed by atoms with Gasteiger partial charge in [0.15, 0.2) is 6.29 Å². The summed E-state index contributed by atoms with van der Waals surface area (Å²) in [5.74, 6) is 2.62. The molecular weight excluding hydrogens is 546 g/mol. The van der Waals surface area contributed by atoms with Crippen LogP contribution in [0.25, 0.3) is 10.8 Å². The first-order valence-corrected chi connectivity index (χ1v) is 17.2. The summed E-state index contributed by atoms with van der Waals surface area (Å²) < 4.78 is 12.8. The summed E-state index contributed by atoms with van der Waals surface area (Å²) in [4.78, 5) is 25.4. The van der Waals surface area contributed by atoms with Gasteiger partial charge in [0, 0.05) is 17.3 Å². The summed E-state index contributed by atoms with van der Waals surface area (Å²) >= 11 is 0. The molecule has 1 saturated carbocycles. The molecule has 5 heteroatoms. The number of Topliss-reactive ketones (excluding diaryl/α,β-unsaturated/α-hetero) is 1. The number of hydrogen-bond donors (Lipinski definition) is 1. The van der Waals surface area contributed by atoms with Gasteiger partial charge in [-0.05, 0) is 80.2 Å². The fourth-order valence-corrected chi connectivity index (χ4v) is 6.53. The maximum atomic E-state index is 13.3. The van der Waals surface area contributed by atoms with Crippen molar-refractivity contribution >= 4 is 22.8 Å². The molecule has 1 aliphatic rings. The first-order valence-electron chi connectivity index (χ1n) is 17.2. The largest absolute Gasteiger partial charge is 0.494 e. The Morgan fingerprint density at radius 2 is 1.66 bits per heavy atom. The van der Waals surface area contributed by atoms with Gasteiger partial charge in [0.1, 0.15) is 23.4 Å². The number of ether oxygens (including phenoxy) is 2. The topological polar surface area (TPSA) is 64.6 Å². The van der Waals surface area contributed by atoms with Gasteiger partial charge >= 0.3 is 0 Å². The van der Waals surface area contributed by atoms with Crippen LogP contribution in [0.1, 0.15) is 120 Å². The third-order valence-electron chi connectivity index (χ3n) is 9.31. The number of rotatable bonds is 19. The van der Waals surface area contributed by atoms with Crippen molar-refractivity contribution in [1.82, 2.24) is 5.32 Å². The molecule has 2 atom stereocenters. The van der Waals surface area contributed by atoms with Crippen LogP contribution in [0.3, 0.4) is 0 Å². The molecular formula is C39H53NO4. The predicted molar refractivity (Wildman–Crippen MR) is 181 cm³/mol. The number of fused-ring (bicyclic) bond motifs is 1.